The van der Waals surface area contributed by atoms with Crippen molar-refractivity contribution in [2.24, 2.45) is 13.0 Å². The molecule has 0 spiro atoms. The molecule has 0 aliphatic carbocycles. The fourth-order valence-corrected chi connectivity index (χ4v) is 3.63. The third kappa shape index (κ3) is 4.42. The van der Waals surface area contributed by atoms with Gasteiger partial charge in [-0.15, -0.1) is 0 Å². The average molecular weight is 399 g/mol. The van der Waals surface area contributed by atoms with Crippen LogP contribution in [0.4, 0.5) is 0 Å². The highest BCUT2D eigenvalue weighted by Crippen LogP contribution is 2.25. The third-order valence-electron chi connectivity index (χ3n) is 5.25. The molecule has 0 fully saturated rings. The second-order valence-electron chi connectivity index (χ2n) is 7.74. The van der Waals surface area contributed by atoms with Crippen molar-refractivity contribution < 1.29 is 19.1 Å². The molecule has 1 aromatic carbocycles. The SMILES string of the molecule is COC(=O)c1c(C)c(C(=O)C(C)N(CC(C)C)C(=O)c2ccccc2)c(C)n1C. The van der Waals surface area contributed by atoms with Crippen molar-refractivity contribution in [3.8, 4) is 0 Å². The van der Waals surface area contributed by atoms with Crippen LogP contribution >= 0.6 is 0 Å². The van der Waals surface area contributed by atoms with E-state index in [0.717, 1.165) is 0 Å². The van der Waals surface area contributed by atoms with Gasteiger partial charge >= 0.3 is 5.97 Å². The number of carbonyl (C=O) groups excluding carboxylic acids is 3. The fraction of sp³-hybridized carbons (Fsp3) is 0.435. The summed E-state index contributed by atoms with van der Waals surface area (Å²) in [4.78, 5) is 40.4. The van der Waals surface area contributed by atoms with Crippen molar-refractivity contribution in [2.75, 3.05) is 13.7 Å². The number of amides is 1. The van der Waals surface area contributed by atoms with Crippen LogP contribution in [-0.4, -0.2) is 46.8 Å². The number of rotatable bonds is 7. The Morgan fingerprint density at radius 2 is 1.66 bits per heavy atom. The number of benzene rings is 1. The largest absolute Gasteiger partial charge is 0.464 e. The zero-order valence-electron chi connectivity index (χ0n) is 18.3. The first-order valence-corrected chi connectivity index (χ1v) is 9.76. The van der Waals surface area contributed by atoms with Crippen LogP contribution in [0.25, 0.3) is 0 Å². The lowest BCUT2D eigenvalue weighted by Crippen LogP contribution is -2.45. The van der Waals surface area contributed by atoms with E-state index in [1.807, 2.05) is 19.9 Å². The first-order valence-electron chi connectivity index (χ1n) is 9.76. The van der Waals surface area contributed by atoms with Gasteiger partial charge in [-0.2, -0.15) is 0 Å². The Bertz CT molecular complexity index is 913. The molecular weight excluding hydrogens is 368 g/mol. The number of hydrogen-bond donors (Lipinski definition) is 0. The van der Waals surface area contributed by atoms with E-state index in [4.69, 9.17) is 4.74 Å². The van der Waals surface area contributed by atoms with Gasteiger partial charge in [-0.1, -0.05) is 32.0 Å². The zero-order valence-corrected chi connectivity index (χ0v) is 18.3. The Morgan fingerprint density at radius 1 is 1.07 bits per heavy atom. The van der Waals surface area contributed by atoms with E-state index in [-0.39, 0.29) is 17.6 Å². The number of hydrogen-bond acceptors (Lipinski definition) is 4. The van der Waals surface area contributed by atoms with Crippen molar-refractivity contribution in [2.45, 2.75) is 40.7 Å². The van der Waals surface area contributed by atoms with Crippen LogP contribution in [0, 0.1) is 19.8 Å². The number of carbonyl (C=O) groups is 3. The average Bonchev–Trinajstić information content (AvgIpc) is 2.93. The molecule has 0 radical (unpaired) electrons. The highest BCUT2D eigenvalue weighted by molar-refractivity contribution is 6.07. The first-order chi connectivity index (χ1) is 13.6. The molecule has 0 aliphatic rings. The maximum absolute atomic E-state index is 13.5. The van der Waals surface area contributed by atoms with Gasteiger partial charge in [0.2, 0.25) is 0 Å². The summed E-state index contributed by atoms with van der Waals surface area (Å²) in [7, 11) is 3.05. The number of ether oxygens (including phenoxy) is 1. The predicted octanol–water partition coefficient (Wildman–Crippen LogP) is 3.80. The van der Waals surface area contributed by atoms with Crippen molar-refractivity contribution >= 4 is 17.7 Å². The molecule has 0 saturated carbocycles. The molecule has 0 N–H and O–H groups in total. The summed E-state index contributed by atoms with van der Waals surface area (Å²) in [5.41, 5.74) is 2.62. The van der Waals surface area contributed by atoms with E-state index in [2.05, 4.69) is 0 Å². The molecule has 0 aliphatic heterocycles. The third-order valence-corrected chi connectivity index (χ3v) is 5.25. The summed E-state index contributed by atoms with van der Waals surface area (Å²) in [6.07, 6.45) is 0. The minimum Gasteiger partial charge on any atom is -0.464 e. The normalized spacial score (nSPS) is 12.0. The summed E-state index contributed by atoms with van der Waals surface area (Å²) >= 11 is 0. The second kappa shape index (κ2) is 9.07. The lowest BCUT2D eigenvalue weighted by atomic mass is 9.98. The topological polar surface area (TPSA) is 68.6 Å². The van der Waals surface area contributed by atoms with Gasteiger partial charge in [0.25, 0.3) is 5.91 Å². The molecule has 1 atom stereocenters. The highest BCUT2D eigenvalue weighted by atomic mass is 16.5. The van der Waals surface area contributed by atoms with E-state index in [9.17, 15) is 14.4 Å². The van der Waals surface area contributed by atoms with Gasteiger partial charge < -0.3 is 14.2 Å². The Labute approximate surface area is 172 Å². The maximum atomic E-state index is 13.5. The van der Waals surface area contributed by atoms with Crippen LogP contribution in [0.2, 0.25) is 0 Å². The lowest BCUT2D eigenvalue weighted by Gasteiger charge is -2.30. The minimum absolute atomic E-state index is 0.181. The minimum atomic E-state index is -0.671. The molecule has 6 heteroatoms. The first kappa shape index (κ1) is 22.4. The van der Waals surface area contributed by atoms with Crippen molar-refractivity contribution in [3.63, 3.8) is 0 Å². The van der Waals surface area contributed by atoms with Gasteiger partial charge in [-0.25, -0.2) is 4.79 Å². The van der Waals surface area contributed by atoms with Crippen molar-refractivity contribution in [1.29, 1.82) is 0 Å². The summed E-state index contributed by atoms with van der Waals surface area (Å²) in [6.45, 7) is 9.76. The second-order valence-corrected chi connectivity index (χ2v) is 7.74. The summed E-state index contributed by atoms with van der Waals surface area (Å²) in [5.74, 6) is -0.657. The molecule has 1 unspecified atom stereocenters. The van der Waals surface area contributed by atoms with Crippen molar-refractivity contribution in [3.05, 3.63) is 58.4 Å². The molecule has 2 aromatic rings. The van der Waals surface area contributed by atoms with Gasteiger partial charge in [0, 0.05) is 30.4 Å². The van der Waals surface area contributed by atoms with Crippen LogP contribution in [0.1, 0.15) is 63.2 Å². The standard InChI is InChI=1S/C23H30N2O4/c1-14(2)13-25(22(27)18-11-9-8-10-12-18)17(5)21(26)19-15(3)20(23(28)29-7)24(6)16(19)4/h8-12,14,17H,13H2,1-7H3. The Hall–Kier alpha value is -2.89. The zero-order chi connectivity index (χ0) is 21.9. The maximum Gasteiger partial charge on any atom is 0.354 e. The molecule has 6 nitrogen and oxygen atoms in total. The van der Waals surface area contributed by atoms with E-state index in [1.54, 1.807) is 61.6 Å². The van der Waals surface area contributed by atoms with Gasteiger partial charge in [0.05, 0.1) is 13.2 Å². The molecular formula is C23H30N2O4. The smallest absolute Gasteiger partial charge is 0.354 e. The molecule has 1 aromatic heterocycles. The van der Waals surface area contributed by atoms with Crippen LogP contribution < -0.4 is 0 Å². The summed E-state index contributed by atoms with van der Waals surface area (Å²) in [5, 5.41) is 0. The van der Waals surface area contributed by atoms with Gasteiger partial charge in [0.1, 0.15) is 5.69 Å². The van der Waals surface area contributed by atoms with Crippen molar-refractivity contribution in [1.82, 2.24) is 9.47 Å². The molecule has 2 rings (SSSR count). The molecule has 0 bridgehead atoms. The van der Waals surface area contributed by atoms with Crippen LogP contribution in [0.3, 0.4) is 0 Å². The number of aromatic nitrogens is 1. The van der Waals surface area contributed by atoms with E-state index < -0.39 is 12.0 Å². The number of methoxy groups -OCH3 is 1. The highest BCUT2D eigenvalue weighted by Gasteiger charge is 2.33. The number of esters is 1. The molecule has 29 heavy (non-hydrogen) atoms. The van der Waals surface area contributed by atoms with Gasteiger partial charge in [-0.05, 0) is 44.4 Å². The number of nitrogens with zero attached hydrogens (tertiary/aromatic N) is 2. The van der Waals surface area contributed by atoms with E-state index in [1.165, 1.54) is 7.11 Å². The molecule has 1 heterocycles. The van der Waals surface area contributed by atoms with Crippen LogP contribution in [0.5, 0.6) is 0 Å². The number of Topliss-reactive ketones (excluding diaryl/α,β-unsaturated/α-hetero) is 1. The predicted molar refractivity (Wildman–Crippen MR) is 112 cm³/mol. The van der Waals surface area contributed by atoms with Gasteiger partial charge in [0.15, 0.2) is 5.78 Å². The van der Waals surface area contributed by atoms with E-state index in [0.29, 0.717) is 34.6 Å². The van der Waals surface area contributed by atoms with E-state index >= 15 is 0 Å². The molecule has 0 saturated heterocycles. The Kier molecular flexibility index (Phi) is 7.01. The number of ketones is 1. The lowest BCUT2D eigenvalue weighted by molar-refractivity contribution is 0.0587. The summed E-state index contributed by atoms with van der Waals surface area (Å²) in [6, 6.07) is 8.30. The molecule has 1 amide bonds. The Balaban J connectivity index is 2.47. The molecule has 156 valence electrons. The Morgan fingerprint density at radius 3 is 2.17 bits per heavy atom. The quantitative estimate of drug-likeness (QED) is 0.525. The monoisotopic (exact) mass is 398 g/mol. The summed E-state index contributed by atoms with van der Waals surface area (Å²) < 4.78 is 6.54. The fourth-order valence-electron chi connectivity index (χ4n) is 3.63. The van der Waals surface area contributed by atoms with Crippen LogP contribution in [0.15, 0.2) is 30.3 Å². The van der Waals surface area contributed by atoms with Crippen LogP contribution in [-0.2, 0) is 11.8 Å². The van der Waals surface area contributed by atoms with Gasteiger partial charge in [-0.3, -0.25) is 9.59 Å².